The van der Waals surface area contributed by atoms with Crippen LogP contribution in [-0.2, 0) is 5.75 Å². The molecule has 2 N–H and O–H groups in total. The number of thioether (sulfide) groups is 1. The second-order valence-corrected chi connectivity index (χ2v) is 6.03. The van der Waals surface area contributed by atoms with E-state index in [-0.39, 0.29) is 6.04 Å². The smallest absolute Gasteiger partial charge is 0.243 e. The summed E-state index contributed by atoms with van der Waals surface area (Å²) < 4.78 is 5.27. The Balaban J connectivity index is 1.98. The summed E-state index contributed by atoms with van der Waals surface area (Å²) in [6, 6.07) is 8.10. The van der Waals surface area contributed by atoms with Gasteiger partial charge in [-0.2, -0.15) is 4.98 Å². The molecule has 0 bridgehead atoms. The minimum atomic E-state index is -0.176. The highest BCUT2D eigenvalue weighted by atomic mass is 32.2. The van der Waals surface area contributed by atoms with Crippen LogP contribution in [0, 0.1) is 12.8 Å². The molecule has 0 aliphatic heterocycles. The van der Waals surface area contributed by atoms with Crippen molar-refractivity contribution in [1.82, 2.24) is 10.1 Å². The van der Waals surface area contributed by atoms with Crippen LogP contribution in [0.15, 0.2) is 33.7 Å². The molecule has 0 aliphatic carbocycles. The molecule has 1 aromatic carbocycles. The molecule has 2 atom stereocenters. The van der Waals surface area contributed by atoms with Crippen molar-refractivity contribution in [2.45, 2.75) is 43.9 Å². The van der Waals surface area contributed by atoms with Gasteiger partial charge >= 0.3 is 0 Å². The highest BCUT2D eigenvalue weighted by Gasteiger charge is 2.19. The molecule has 2 unspecified atom stereocenters. The molecule has 2 rings (SSSR count). The number of benzene rings is 1. The Kier molecular flexibility index (Phi) is 5.20. The maximum Gasteiger partial charge on any atom is 0.243 e. The molecule has 0 radical (unpaired) electrons. The quantitative estimate of drug-likeness (QED) is 0.822. The lowest BCUT2D eigenvalue weighted by Crippen LogP contribution is -2.18. The SMILES string of the molecule is CCC(C)C(N)c1nc(CSc2ccccc2C)no1. The van der Waals surface area contributed by atoms with Gasteiger partial charge in [0.25, 0.3) is 0 Å². The Labute approximate surface area is 124 Å². The normalized spacial score (nSPS) is 14.2. The van der Waals surface area contributed by atoms with E-state index in [9.17, 15) is 0 Å². The Morgan fingerprint density at radius 1 is 1.35 bits per heavy atom. The van der Waals surface area contributed by atoms with E-state index >= 15 is 0 Å². The minimum absolute atomic E-state index is 0.176. The lowest BCUT2D eigenvalue weighted by Gasteiger charge is -2.12. The lowest BCUT2D eigenvalue weighted by molar-refractivity contribution is 0.311. The molecule has 1 aromatic heterocycles. The minimum Gasteiger partial charge on any atom is -0.338 e. The first-order valence-electron chi connectivity index (χ1n) is 6.88. The number of hydrogen-bond acceptors (Lipinski definition) is 5. The van der Waals surface area contributed by atoms with Crippen LogP contribution in [0.5, 0.6) is 0 Å². The summed E-state index contributed by atoms with van der Waals surface area (Å²) in [5, 5.41) is 4.01. The molecule has 20 heavy (non-hydrogen) atoms. The zero-order chi connectivity index (χ0) is 14.5. The molecular weight excluding hydrogens is 270 g/mol. The zero-order valence-corrected chi connectivity index (χ0v) is 13.0. The third-order valence-electron chi connectivity index (χ3n) is 3.48. The van der Waals surface area contributed by atoms with Crippen molar-refractivity contribution in [2.24, 2.45) is 11.7 Å². The molecule has 0 spiro atoms. The first kappa shape index (κ1) is 15.1. The fraction of sp³-hybridized carbons (Fsp3) is 0.467. The number of aromatic nitrogens is 2. The van der Waals surface area contributed by atoms with Crippen molar-refractivity contribution in [3.05, 3.63) is 41.5 Å². The average Bonchev–Trinajstić information content (AvgIpc) is 2.93. The van der Waals surface area contributed by atoms with Crippen LogP contribution in [0.1, 0.15) is 43.6 Å². The van der Waals surface area contributed by atoms with E-state index in [1.165, 1.54) is 10.5 Å². The summed E-state index contributed by atoms with van der Waals surface area (Å²) in [6.07, 6.45) is 0.997. The molecule has 0 aliphatic rings. The third-order valence-corrected chi connectivity index (χ3v) is 4.65. The fourth-order valence-corrected chi connectivity index (χ4v) is 2.69. The summed E-state index contributed by atoms with van der Waals surface area (Å²) in [6.45, 7) is 6.30. The second kappa shape index (κ2) is 6.90. The van der Waals surface area contributed by atoms with Crippen molar-refractivity contribution in [3.63, 3.8) is 0 Å². The summed E-state index contributed by atoms with van der Waals surface area (Å²) in [4.78, 5) is 5.64. The van der Waals surface area contributed by atoms with E-state index in [1.807, 2.05) is 12.1 Å². The Hall–Kier alpha value is -1.33. The van der Waals surface area contributed by atoms with Crippen LogP contribution in [0.4, 0.5) is 0 Å². The van der Waals surface area contributed by atoms with Gasteiger partial charge in [-0.25, -0.2) is 0 Å². The summed E-state index contributed by atoms with van der Waals surface area (Å²) >= 11 is 1.71. The van der Waals surface area contributed by atoms with Gasteiger partial charge in [0, 0.05) is 4.90 Å². The van der Waals surface area contributed by atoms with Gasteiger partial charge in [0.2, 0.25) is 5.89 Å². The van der Waals surface area contributed by atoms with Crippen LogP contribution < -0.4 is 5.73 Å². The zero-order valence-electron chi connectivity index (χ0n) is 12.2. The second-order valence-electron chi connectivity index (χ2n) is 5.01. The summed E-state index contributed by atoms with van der Waals surface area (Å²) in [5.74, 6) is 2.28. The number of nitrogens with zero attached hydrogens (tertiary/aromatic N) is 2. The maximum atomic E-state index is 6.09. The van der Waals surface area contributed by atoms with E-state index in [4.69, 9.17) is 10.3 Å². The van der Waals surface area contributed by atoms with E-state index < -0.39 is 0 Å². The average molecular weight is 291 g/mol. The molecule has 0 saturated heterocycles. The molecule has 0 fully saturated rings. The van der Waals surface area contributed by atoms with Crippen molar-refractivity contribution in [3.8, 4) is 0 Å². The first-order chi connectivity index (χ1) is 9.61. The van der Waals surface area contributed by atoms with Gasteiger partial charge in [-0.1, -0.05) is 43.6 Å². The van der Waals surface area contributed by atoms with Gasteiger partial charge in [-0.05, 0) is 24.5 Å². The van der Waals surface area contributed by atoms with E-state index in [1.54, 1.807) is 11.8 Å². The largest absolute Gasteiger partial charge is 0.338 e. The number of aryl methyl sites for hydroxylation is 1. The topological polar surface area (TPSA) is 64.9 Å². The predicted molar refractivity (Wildman–Crippen MR) is 81.4 cm³/mol. The molecule has 108 valence electrons. The molecule has 5 heteroatoms. The molecule has 2 aromatic rings. The van der Waals surface area contributed by atoms with Gasteiger partial charge in [0.15, 0.2) is 5.82 Å². The third kappa shape index (κ3) is 3.61. The lowest BCUT2D eigenvalue weighted by atomic mass is 10.0. The maximum absolute atomic E-state index is 6.09. The van der Waals surface area contributed by atoms with Crippen LogP contribution in [0.25, 0.3) is 0 Å². The van der Waals surface area contributed by atoms with E-state index in [0.29, 0.717) is 23.4 Å². The Morgan fingerprint density at radius 3 is 2.80 bits per heavy atom. The molecule has 0 saturated carbocycles. The molecule has 1 heterocycles. The molecular formula is C15H21N3OS. The monoisotopic (exact) mass is 291 g/mol. The van der Waals surface area contributed by atoms with Crippen molar-refractivity contribution in [2.75, 3.05) is 0 Å². The summed E-state index contributed by atoms with van der Waals surface area (Å²) in [7, 11) is 0. The van der Waals surface area contributed by atoms with Crippen molar-refractivity contribution < 1.29 is 4.52 Å². The van der Waals surface area contributed by atoms with Gasteiger partial charge in [0.05, 0.1) is 11.8 Å². The predicted octanol–water partition coefficient (Wildman–Crippen LogP) is 3.72. The van der Waals surface area contributed by atoms with E-state index in [2.05, 4.69) is 43.0 Å². The number of rotatable bonds is 6. The van der Waals surface area contributed by atoms with Crippen LogP contribution in [-0.4, -0.2) is 10.1 Å². The van der Waals surface area contributed by atoms with Crippen LogP contribution >= 0.6 is 11.8 Å². The van der Waals surface area contributed by atoms with Crippen molar-refractivity contribution >= 4 is 11.8 Å². The number of nitrogens with two attached hydrogens (primary N) is 1. The van der Waals surface area contributed by atoms with Crippen molar-refractivity contribution in [1.29, 1.82) is 0 Å². The molecule has 4 nitrogen and oxygen atoms in total. The number of hydrogen-bond donors (Lipinski definition) is 1. The van der Waals surface area contributed by atoms with Gasteiger partial charge in [-0.15, -0.1) is 11.8 Å². The Bertz CT molecular complexity index is 556. The highest BCUT2D eigenvalue weighted by molar-refractivity contribution is 7.98. The standard InChI is InChI=1S/C15H21N3OS/c1-4-10(2)14(16)15-17-13(18-19-15)9-20-12-8-6-5-7-11(12)3/h5-8,10,14H,4,9,16H2,1-3H3. The molecule has 0 amide bonds. The highest BCUT2D eigenvalue weighted by Crippen LogP contribution is 2.26. The van der Waals surface area contributed by atoms with Gasteiger partial charge < -0.3 is 10.3 Å². The first-order valence-corrected chi connectivity index (χ1v) is 7.86. The van der Waals surface area contributed by atoms with Crippen LogP contribution in [0.2, 0.25) is 0 Å². The van der Waals surface area contributed by atoms with Crippen LogP contribution in [0.3, 0.4) is 0 Å². The fourth-order valence-electron chi connectivity index (χ4n) is 1.82. The van der Waals surface area contributed by atoms with E-state index in [0.717, 1.165) is 6.42 Å². The Morgan fingerprint density at radius 2 is 2.10 bits per heavy atom. The summed E-state index contributed by atoms with van der Waals surface area (Å²) in [5.41, 5.74) is 7.35. The van der Waals surface area contributed by atoms with Gasteiger partial charge in [0.1, 0.15) is 0 Å². The van der Waals surface area contributed by atoms with Gasteiger partial charge in [-0.3, -0.25) is 0 Å².